The third-order valence-corrected chi connectivity index (χ3v) is 2.91. The molecule has 2 N–H and O–H groups in total. The number of hydrogen-bond acceptors (Lipinski definition) is 4. The van der Waals surface area contributed by atoms with Gasteiger partial charge in [-0.05, 0) is 26.8 Å². The van der Waals surface area contributed by atoms with Gasteiger partial charge in [-0.15, -0.1) is 0 Å². The first-order chi connectivity index (χ1) is 9.49. The smallest absolute Gasteiger partial charge is 0.237 e. The molecule has 5 nitrogen and oxygen atoms in total. The maximum absolute atomic E-state index is 11.8. The molecule has 1 rings (SSSR count). The molecular weight excluding hydrogens is 256 g/mol. The molecule has 5 heteroatoms. The molecule has 0 fully saturated rings. The van der Waals surface area contributed by atoms with Gasteiger partial charge in [0.2, 0.25) is 5.91 Å². The van der Waals surface area contributed by atoms with Crippen molar-refractivity contribution in [2.75, 3.05) is 14.2 Å². The Balaban J connectivity index is 2.68. The quantitative estimate of drug-likeness (QED) is 0.798. The van der Waals surface area contributed by atoms with E-state index in [1.807, 2.05) is 39.0 Å². The lowest BCUT2D eigenvalue weighted by Gasteiger charge is -2.17. The normalized spacial score (nSPS) is 12.1. The molecule has 1 aromatic carbocycles. The highest BCUT2D eigenvalue weighted by Gasteiger charge is 2.15. The lowest BCUT2D eigenvalue weighted by Crippen LogP contribution is -2.44. The second-order valence-corrected chi connectivity index (χ2v) is 4.92. The molecule has 0 saturated carbocycles. The van der Waals surface area contributed by atoms with Crippen molar-refractivity contribution in [1.82, 2.24) is 10.6 Å². The van der Waals surface area contributed by atoms with Crippen LogP contribution in [-0.4, -0.2) is 32.2 Å². The highest BCUT2D eigenvalue weighted by Crippen LogP contribution is 2.30. The Hall–Kier alpha value is -1.75. The first-order valence-corrected chi connectivity index (χ1v) is 6.73. The Morgan fingerprint density at radius 3 is 2.45 bits per heavy atom. The van der Waals surface area contributed by atoms with Gasteiger partial charge >= 0.3 is 0 Å². The number of ether oxygens (including phenoxy) is 2. The van der Waals surface area contributed by atoms with E-state index in [1.165, 1.54) is 0 Å². The second kappa shape index (κ2) is 7.75. The third-order valence-electron chi connectivity index (χ3n) is 2.91. The van der Waals surface area contributed by atoms with E-state index in [0.29, 0.717) is 18.0 Å². The Morgan fingerprint density at radius 1 is 1.20 bits per heavy atom. The molecule has 0 spiro atoms. The summed E-state index contributed by atoms with van der Waals surface area (Å²) in [5, 5.41) is 6.06. The fourth-order valence-corrected chi connectivity index (χ4v) is 1.86. The lowest BCUT2D eigenvalue weighted by molar-refractivity contribution is -0.123. The molecule has 1 aromatic rings. The monoisotopic (exact) mass is 280 g/mol. The van der Waals surface area contributed by atoms with Crippen molar-refractivity contribution < 1.29 is 14.3 Å². The number of carbonyl (C=O) groups excluding carboxylic acids is 1. The number of methoxy groups -OCH3 is 2. The van der Waals surface area contributed by atoms with Crippen molar-refractivity contribution in [1.29, 1.82) is 0 Å². The van der Waals surface area contributed by atoms with Crippen LogP contribution in [0.1, 0.15) is 26.3 Å². The number of rotatable bonds is 7. The maximum atomic E-state index is 11.8. The Kier molecular flexibility index (Phi) is 6.31. The summed E-state index contributed by atoms with van der Waals surface area (Å²) in [6.45, 7) is 6.25. The summed E-state index contributed by atoms with van der Waals surface area (Å²) < 4.78 is 10.6. The predicted octanol–water partition coefficient (Wildman–Crippen LogP) is 1.71. The first-order valence-electron chi connectivity index (χ1n) is 6.73. The van der Waals surface area contributed by atoms with Crippen LogP contribution in [0.3, 0.4) is 0 Å². The molecule has 20 heavy (non-hydrogen) atoms. The predicted molar refractivity (Wildman–Crippen MR) is 79.1 cm³/mol. The van der Waals surface area contributed by atoms with E-state index in [9.17, 15) is 4.79 Å². The van der Waals surface area contributed by atoms with E-state index in [1.54, 1.807) is 14.2 Å². The topological polar surface area (TPSA) is 59.6 Å². The van der Waals surface area contributed by atoms with Crippen LogP contribution in [0.15, 0.2) is 18.2 Å². The molecule has 0 aromatic heterocycles. The van der Waals surface area contributed by atoms with Gasteiger partial charge in [-0.2, -0.15) is 0 Å². The van der Waals surface area contributed by atoms with Gasteiger partial charge in [0, 0.05) is 18.2 Å². The molecule has 112 valence electrons. The molecular formula is C15H24N2O3. The van der Waals surface area contributed by atoms with Crippen molar-refractivity contribution in [3.05, 3.63) is 23.8 Å². The summed E-state index contributed by atoms with van der Waals surface area (Å²) in [7, 11) is 3.21. The fraction of sp³-hybridized carbons (Fsp3) is 0.533. The Bertz CT molecular complexity index is 447. The fourth-order valence-electron chi connectivity index (χ4n) is 1.86. The minimum atomic E-state index is -0.270. The van der Waals surface area contributed by atoms with Crippen molar-refractivity contribution in [3.63, 3.8) is 0 Å². The molecule has 0 heterocycles. The van der Waals surface area contributed by atoms with Gasteiger partial charge in [0.05, 0.1) is 20.3 Å². The van der Waals surface area contributed by atoms with Crippen molar-refractivity contribution >= 4 is 5.91 Å². The second-order valence-electron chi connectivity index (χ2n) is 4.92. The standard InChI is InChI=1S/C15H24N2O3/c1-10(2)17-15(18)11(3)16-9-12-7-6-8-13(19-4)14(12)20-5/h6-8,10-11,16H,9H2,1-5H3,(H,17,18). The van der Waals surface area contributed by atoms with Crippen LogP contribution in [0.5, 0.6) is 11.5 Å². The van der Waals surface area contributed by atoms with E-state index < -0.39 is 0 Å². The molecule has 1 amide bonds. The van der Waals surface area contributed by atoms with Crippen LogP contribution in [0, 0.1) is 0 Å². The van der Waals surface area contributed by atoms with Crippen molar-refractivity contribution in [2.24, 2.45) is 0 Å². The van der Waals surface area contributed by atoms with E-state index in [2.05, 4.69) is 10.6 Å². The maximum Gasteiger partial charge on any atom is 0.237 e. The van der Waals surface area contributed by atoms with Crippen LogP contribution < -0.4 is 20.1 Å². The summed E-state index contributed by atoms with van der Waals surface area (Å²) in [5.74, 6) is 1.37. The number of para-hydroxylation sites is 1. The summed E-state index contributed by atoms with van der Waals surface area (Å²) in [5.41, 5.74) is 0.955. The highest BCUT2D eigenvalue weighted by atomic mass is 16.5. The molecule has 0 aliphatic heterocycles. The third kappa shape index (κ3) is 4.42. The lowest BCUT2D eigenvalue weighted by atomic mass is 10.1. The number of amides is 1. The van der Waals surface area contributed by atoms with Gasteiger partial charge in [0.15, 0.2) is 11.5 Å². The molecule has 1 unspecified atom stereocenters. The van der Waals surface area contributed by atoms with Crippen LogP contribution >= 0.6 is 0 Å². The first kappa shape index (κ1) is 16.3. The number of benzene rings is 1. The van der Waals surface area contributed by atoms with E-state index in [0.717, 1.165) is 5.56 Å². The summed E-state index contributed by atoms with van der Waals surface area (Å²) in [6.07, 6.45) is 0. The van der Waals surface area contributed by atoms with Gasteiger partial charge in [-0.3, -0.25) is 4.79 Å². The summed E-state index contributed by atoms with van der Waals surface area (Å²) in [6, 6.07) is 5.56. The summed E-state index contributed by atoms with van der Waals surface area (Å²) in [4.78, 5) is 11.8. The number of carbonyl (C=O) groups is 1. The molecule has 0 bridgehead atoms. The Labute approximate surface area is 120 Å². The molecule has 0 aliphatic carbocycles. The van der Waals surface area contributed by atoms with Gasteiger partial charge in [-0.1, -0.05) is 12.1 Å². The Morgan fingerprint density at radius 2 is 1.90 bits per heavy atom. The molecule has 0 aliphatic rings. The highest BCUT2D eigenvalue weighted by molar-refractivity contribution is 5.81. The number of nitrogens with one attached hydrogen (secondary N) is 2. The van der Waals surface area contributed by atoms with Crippen molar-refractivity contribution in [2.45, 2.75) is 39.4 Å². The van der Waals surface area contributed by atoms with Gasteiger partial charge < -0.3 is 20.1 Å². The summed E-state index contributed by atoms with van der Waals surface area (Å²) >= 11 is 0. The van der Waals surface area contributed by atoms with Crippen LogP contribution in [0.2, 0.25) is 0 Å². The van der Waals surface area contributed by atoms with Crippen LogP contribution in [0.4, 0.5) is 0 Å². The van der Waals surface area contributed by atoms with Gasteiger partial charge in [-0.25, -0.2) is 0 Å². The largest absolute Gasteiger partial charge is 0.493 e. The molecule has 0 saturated heterocycles. The molecule has 0 radical (unpaired) electrons. The zero-order chi connectivity index (χ0) is 15.1. The average molecular weight is 280 g/mol. The minimum Gasteiger partial charge on any atom is -0.493 e. The van der Waals surface area contributed by atoms with E-state index in [-0.39, 0.29) is 18.0 Å². The number of hydrogen-bond donors (Lipinski definition) is 2. The van der Waals surface area contributed by atoms with Crippen LogP contribution in [0.25, 0.3) is 0 Å². The van der Waals surface area contributed by atoms with Gasteiger partial charge in [0.25, 0.3) is 0 Å². The van der Waals surface area contributed by atoms with Crippen LogP contribution in [-0.2, 0) is 11.3 Å². The van der Waals surface area contributed by atoms with Gasteiger partial charge in [0.1, 0.15) is 0 Å². The minimum absolute atomic E-state index is 0.0122. The van der Waals surface area contributed by atoms with E-state index in [4.69, 9.17) is 9.47 Å². The average Bonchev–Trinajstić information content (AvgIpc) is 2.43. The zero-order valence-electron chi connectivity index (χ0n) is 12.8. The SMILES string of the molecule is COc1cccc(CNC(C)C(=O)NC(C)C)c1OC. The van der Waals surface area contributed by atoms with Crippen molar-refractivity contribution in [3.8, 4) is 11.5 Å². The van der Waals surface area contributed by atoms with E-state index >= 15 is 0 Å². The zero-order valence-corrected chi connectivity index (χ0v) is 12.8. The molecule has 1 atom stereocenters.